The van der Waals surface area contributed by atoms with Crippen molar-refractivity contribution in [2.75, 3.05) is 0 Å². The average Bonchev–Trinajstić information content (AvgIpc) is 1.43. The molecule has 0 spiro atoms. The van der Waals surface area contributed by atoms with Gasteiger partial charge in [-0.05, 0) is 108 Å². The van der Waals surface area contributed by atoms with E-state index in [1.54, 1.807) is 22.7 Å². The maximum atomic E-state index is 5.30. The number of hydrogen-bond acceptors (Lipinski definition) is 10. The molecule has 0 atom stereocenters. The van der Waals surface area contributed by atoms with Crippen LogP contribution in [0.2, 0.25) is 0 Å². The van der Waals surface area contributed by atoms with Crippen LogP contribution >= 0.6 is 22.7 Å². The summed E-state index contributed by atoms with van der Waals surface area (Å²) in [6.45, 7) is 0. The summed E-state index contributed by atoms with van der Waals surface area (Å²) < 4.78 is 2.37. The van der Waals surface area contributed by atoms with Crippen LogP contribution in [0.1, 0.15) is 0 Å². The molecule has 0 bridgehead atoms. The number of rotatable bonds is 11. The van der Waals surface area contributed by atoms with E-state index in [0.717, 1.165) is 120 Å². The maximum absolute atomic E-state index is 5.30. The van der Waals surface area contributed by atoms with Gasteiger partial charge in [-0.15, -0.1) is 22.7 Å². The van der Waals surface area contributed by atoms with Gasteiger partial charge >= 0.3 is 0 Å². The predicted octanol–water partition coefficient (Wildman–Crippen LogP) is 22.2. The Balaban J connectivity index is 0.620. The van der Waals surface area contributed by atoms with E-state index in [0.29, 0.717) is 34.9 Å². The molecule has 10 heteroatoms. The van der Waals surface area contributed by atoms with E-state index >= 15 is 0 Å². The second-order valence-electron chi connectivity index (χ2n) is 23.5. The lowest BCUT2D eigenvalue weighted by Gasteiger charge is -2.13. The number of fused-ring (bicyclic) bond motifs is 8. The second kappa shape index (κ2) is 23.0. The zero-order chi connectivity index (χ0) is 62.1. The van der Waals surface area contributed by atoms with E-state index in [9.17, 15) is 0 Å². The molecule has 18 rings (SSSR count). The van der Waals surface area contributed by atoms with Crippen molar-refractivity contribution in [2.45, 2.75) is 0 Å². The molecule has 4 aromatic heterocycles. The molecule has 14 aromatic carbocycles. The summed E-state index contributed by atoms with van der Waals surface area (Å²) in [6, 6.07) is 106. The van der Waals surface area contributed by atoms with Crippen LogP contribution in [0.4, 0.5) is 0 Å². The van der Waals surface area contributed by atoms with Crippen LogP contribution in [0, 0.1) is 0 Å². The number of thiazole rings is 2. The van der Waals surface area contributed by atoms with Crippen molar-refractivity contribution in [1.29, 1.82) is 0 Å². The summed E-state index contributed by atoms with van der Waals surface area (Å²) in [5, 5.41) is 11.2. The highest BCUT2D eigenvalue weighted by molar-refractivity contribution is 7.23. The minimum Gasteiger partial charge on any atom is -0.236 e. The molecule has 0 fully saturated rings. The predicted molar refractivity (Wildman–Crippen MR) is 389 cm³/mol. The molecule has 4 heterocycles. The Kier molecular flexibility index (Phi) is 13.4. The molecule has 0 aliphatic rings. The lowest BCUT2D eigenvalue weighted by Crippen LogP contribution is -2.00. The fraction of sp³-hybridized carbons (Fsp3) is 0. The minimum atomic E-state index is 0.601. The van der Waals surface area contributed by atoms with Gasteiger partial charge in [-0.2, -0.15) is 0 Å². The van der Waals surface area contributed by atoms with E-state index in [-0.39, 0.29) is 0 Å². The Morgan fingerprint density at radius 3 is 1.07 bits per heavy atom. The molecule has 18 aromatic rings. The first kappa shape index (κ1) is 54.8. The largest absolute Gasteiger partial charge is 0.236 e. The number of nitrogens with zero attached hydrogens (tertiary/aromatic N) is 8. The van der Waals surface area contributed by atoms with E-state index in [4.69, 9.17) is 39.9 Å². The smallest absolute Gasteiger partial charge is 0.164 e. The van der Waals surface area contributed by atoms with Gasteiger partial charge in [0.2, 0.25) is 0 Å². The van der Waals surface area contributed by atoms with Crippen molar-refractivity contribution in [3.63, 3.8) is 0 Å². The van der Waals surface area contributed by atoms with Gasteiger partial charge in [0.05, 0.1) is 20.4 Å². The van der Waals surface area contributed by atoms with Crippen molar-refractivity contribution in [3.05, 3.63) is 303 Å². The standard InChI is InChI=1S/C84H50N8S2/c1-5-16-52(17-6-1)77-87-78(53-18-7-2-8-19-53)89-81(88-77)66-37-36-59-46-58(34-35-60(59)49-66)61-38-42-68-63(47-61)40-44-74-75(68)94-84(86-74)56-32-30-51(31-33-56)57-24-13-25-65(48-57)80-90-79(54-20-9-3-10-21-54)91-82(92-80)72-29-15-27-70-67(26-14-28-71(70)72)62-39-43-69-64(50-62)41-45-73-76(69)93-83(85-73)55-22-11-4-12-23-55/h1-50H. The highest BCUT2D eigenvalue weighted by Crippen LogP contribution is 2.42. The van der Waals surface area contributed by atoms with Crippen LogP contribution in [0.15, 0.2) is 303 Å². The zero-order valence-corrected chi connectivity index (χ0v) is 51.9. The summed E-state index contributed by atoms with van der Waals surface area (Å²) >= 11 is 3.48. The molecule has 0 aliphatic heterocycles. The molecule has 0 saturated carbocycles. The monoisotopic (exact) mass is 1230 g/mol. The molecule has 0 saturated heterocycles. The number of benzene rings is 14. The fourth-order valence-electron chi connectivity index (χ4n) is 12.8. The van der Waals surface area contributed by atoms with E-state index in [1.807, 2.05) is 84.9 Å². The van der Waals surface area contributed by atoms with Crippen LogP contribution in [0.25, 0.3) is 186 Å². The Bertz CT molecular complexity index is 5920. The van der Waals surface area contributed by atoms with Gasteiger partial charge in [0.25, 0.3) is 0 Å². The van der Waals surface area contributed by atoms with Crippen molar-refractivity contribution in [2.24, 2.45) is 0 Å². The van der Waals surface area contributed by atoms with Crippen LogP contribution in [-0.4, -0.2) is 39.9 Å². The van der Waals surface area contributed by atoms with Crippen molar-refractivity contribution in [1.82, 2.24) is 39.9 Å². The van der Waals surface area contributed by atoms with Gasteiger partial charge in [-0.25, -0.2) is 39.9 Å². The third kappa shape index (κ3) is 10.1. The summed E-state index contributed by atoms with van der Waals surface area (Å²) in [7, 11) is 0. The summed E-state index contributed by atoms with van der Waals surface area (Å²) in [6.07, 6.45) is 0. The van der Waals surface area contributed by atoms with Gasteiger partial charge in [0.1, 0.15) is 10.0 Å². The Morgan fingerprint density at radius 1 is 0.181 bits per heavy atom. The molecular formula is C84H50N8S2. The average molecular weight is 1240 g/mol. The normalized spacial score (nSPS) is 11.6. The van der Waals surface area contributed by atoms with Gasteiger partial charge in [-0.1, -0.05) is 261 Å². The van der Waals surface area contributed by atoms with E-state index in [2.05, 4.69) is 218 Å². The second-order valence-corrected chi connectivity index (χ2v) is 25.5. The van der Waals surface area contributed by atoms with Crippen LogP contribution < -0.4 is 0 Å². The summed E-state index contributed by atoms with van der Waals surface area (Å²) in [4.78, 5) is 40.7. The lowest BCUT2D eigenvalue weighted by molar-refractivity contribution is 1.07. The molecular weight excluding hydrogens is 1190 g/mol. The summed E-state index contributed by atoms with van der Waals surface area (Å²) in [5.74, 6) is 3.75. The van der Waals surface area contributed by atoms with Crippen molar-refractivity contribution < 1.29 is 0 Å². The molecule has 0 radical (unpaired) electrons. The minimum absolute atomic E-state index is 0.601. The van der Waals surface area contributed by atoms with Gasteiger partial charge < -0.3 is 0 Å². The van der Waals surface area contributed by atoms with Gasteiger partial charge in [-0.3, -0.25) is 0 Å². The fourth-order valence-corrected chi connectivity index (χ4v) is 15.1. The maximum Gasteiger partial charge on any atom is 0.164 e. The van der Waals surface area contributed by atoms with Gasteiger partial charge in [0.15, 0.2) is 34.9 Å². The third-order valence-electron chi connectivity index (χ3n) is 17.6. The van der Waals surface area contributed by atoms with Crippen LogP contribution in [0.5, 0.6) is 0 Å². The Morgan fingerprint density at radius 2 is 0.521 bits per heavy atom. The topological polar surface area (TPSA) is 103 Å². The van der Waals surface area contributed by atoms with E-state index < -0.39 is 0 Å². The Hall–Kier alpha value is -12.1. The number of hydrogen-bond donors (Lipinski definition) is 0. The number of aromatic nitrogens is 8. The van der Waals surface area contributed by atoms with Crippen molar-refractivity contribution in [3.8, 4) is 123 Å². The SMILES string of the molecule is c1ccc(-c2nc(-c3ccccc3)nc(-c3ccc4cc(-c5ccc6c(ccc7nc(-c8ccc(-c9cccc(-c%10nc(-c%11ccccc%11)nc(-c%11cccc%12c(-c%13ccc%14c(ccc%15nc(-c%16ccccc%16)sc%15%14)c%13)cccc%11%12)n%10)c9)cc8)sc76)c5)ccc4c3)n2)cc1. The molecule has 0 N–H and O–H groups in total. The van der Waals surface area contributed by atoms with Gasteiger partial charge in [0, 0.05) is 55.3 Å². The Labute approximate surface area is 548 Å². The highest BCUT2D eigenvalue weighted by Gasteiger charge is 2.20. The quantitative estimate of drug-likeness (QED) is 0.126. The first-order chi connectivity index (χ1) is 46.5. The lowest BCUT2D eigenvalue weighted by atomic mass is 9.94. The van der Waals surface area contributed by atoms with E-state index in [1.165, 1.54) is 30.9 Å². The first-order valence-electron chi connectivity index (χ1n) is 31.2. The zero-order valence-electron chi connectivity index (χ0n) is 50.3. The van der Waals surface area contributed by atoms with Crippen LogP contribution in [-0.2, 0) is 0 Å². The molecule has 94 heavy (non-hydrogen) atoms. The molecule has 0 aliphatic carbocycles. The molecule has 0 amide bonds. The first-order valence-corrected chi connectivity index (χ1v) is 32.8. The van der Waals surface area contributed by atoms with Crippen molar-refractivity contribution >= 4 is 86.2 Å². The van der Waals surface area contributed by atoms with Crippen LogP contribution in [0.3, 0.4) is 0 Å². The summed E-state index contributed by atoms with van der Waals surface area (Å²) in [5.41, 5.74) is 16.5. The molecule has 438 valence electrons. The molecule has 0 unspecified atom stereocenters. The third-order valence-corrected chi connectivity index (χ3v) is 19.9. The molecule has 8 nitrogen and oxygen atoms in total. The highest BCUT2D eigenvalue weighted by atomic mass is 32.1.